The topological polar surface area (TPSA) is 62.3 Å². The van der Waals surface area contributed by atoms with Crippen LogP contribution in [0.15, 0.2) is 42.5 Å². The van der Waals surface area contributed by atoms with Gasteiger partial charge in [-0.15, -0.1) is 0 Å². The lowest BCUT2D eigenvalue weighted by atomic mass is 9.96. The van der Waals surface area contributed by atoms with Gasteiger partial charge in [-0.2, -0.15) is 0 Å². The summed E-state index contributed by atoms with van der Waals surface area (Å²) in [5.41, 5.74) is 3.67. The number of aryl methyl sites for hydroxylation is 1. The third-order valence-corrected chi connectivity index (χ3v) is 6.31. The van der Waals surface area contributed by atoms with Gasteiger partial charge in [-0.25, -0.2) is 4.98 Å². The summed E-state index contributed by atoms with van der Waals surface area (Å²) >= 11 is 1.72. The first-order valence-corrected chi connectivity index (χ1v) is 10.4. The summed E-state index contributed by atoms with van der Waals surface area (Å²) in [7, 11) is 0. The van der Waals surface area contributed by atoms with Crippen molar-refractivity contribution in [3.63, 3.8) is 0 Å². The van der Waals surface area contributed by atoms with Gasteiger partial charge in [0.1, 0.15) is 0 Å². The van der Waals surface area contributed by atoms with Gasteiger partial charge in [-0.05, 0) is 68.7 Å². The van der Waals surface area contributed by atoms with Crippen LogP contribution in [0, 0.1) is 12.8 Å². The molecule has 6 heteroatoms. The number of thiazole rings is 1. The molecule has 4 rings (SSSR count). The molecule has 0 saturated carbocycles. The number of amides is 1. The molecule has 1 aromatic heterocycles. The van der Waals surface area contributed by atoms with E-state index in [0.29, 0.717) is 5.56 Å². The Morgan fingerprint density at radius 1 is 1.11 bits per heavy atom. The minimum absolute atomic E-state index is 0.000330. The minimum atomic E-state index is 0.000330. The van der Waals surface area contributed by atoms with Crippen LogP contribution in [0.1, 0.15) is 35.7 Å². The van der Waals surface area contributed by atoms with Crippen LogP contribution in [-0.4, -0.2) is 29.8 Å². The molecule has 1 amide bonds. The van der Waals surface area contributed by atoms with Crippen LogP contribution in [-0.2, 0) is 4.79 Å². The summed E-state index contributed by atoms with van der Waals surface area (Å²) in [4.78, 5) is 31.0. The van der Waals surface area contributed by atoms with Gasteiger partial charge in [0.15, 0.2) is 10.9 Å². The van der Waals surface area contributed by atoms with Crippen molar-refractivity contribution in [2.24, 2.45) is 5.92 Å². The summed E-state index contributed by atoms with van der Waals surface area (Å²) < 4.78 is 1.21. The molecule has 0 unspecified atom stereocenters. The Bertz CT molecular complexity index is 1020. The van der Waals surface area contributed by atoms with E-state index in [4.69, 9.17) is 4.98 Å². The largest absolute Gasteiger partial charge is 0.348 e. The zero-order valence-electron chi connectivity index (χ0n) is 16.1. The number of hydrogen-bond donors (Lipinski definition) is 1. The Morgan fingerprint density at radius 2 is 1.82 bits per heavy atom. The highest BCUT2D eigenvalue weighted by Crippen LogP contribution is 2.32. The average Bonchev–Trinajstić information content (AvgIpc) is 3.11. The normalized spacial score (nSPS) is 15.0. The van der Waals surface area contributed by atoms with E-state index in [1.54, 1.807) is 35.6 Å². The summed E-state index contributed by atoms with van der Waals surface area (Å²) in [6.07, 6.45) is 1.62. The van der Waals surface area contributed by atoms with Crippen molar-refractivity contribution in [3.8, 4) is 0 Å². The standard InChI is InChI=1S/C22H23N3O2S/c1-14-3-8-19-20(13-14)28-22(24-19)25-11-9-17(10-12-25)21(27)23-18-6-4-16(5-7-18)15(2)26/h3-8,13,17H,9-12H2,1-2H3,(H,23,27). The van der Waals surface area contributed by atoms with Crippen LogP contribution in [0.25, 0.3) is 10.2 Å². The maximum Gasteiger partial charge on any atom is 0.227 e. The molecule has 0 radical (unpaired) electrons. The van der Waals surface area contributed by atoms with Gasteiger partial charge in [0.2, 0.25) is 5.91 Å². The maximum absolute atomic E-state index is 12.6. The number of Topliss-reactive ketones (excluding diaryl/α,β-unsaturated/α-hetero) is 1. The summed E-state index contributed by atoms with van der Waals surface area (Å²) in [6.45, 7) is 5.30. The number of ketones is 1. The fourth-order valence-corrected chi connectivity index (χ4v) is 4.64. The van der Waals surface area contributed by atoms with Gasteiger partial charge in [0.25, 0.3) is 0 Å². The lowest BCUT2D eigenvalue weighted by Crippen LogP contribution is -2.38. The van der Waals surface area contributed by atoms with Crippen molar-refractivity contribution in [2.75, 3.05) is 23.3 Å². The summed E-state index contributed by atoms with van der Waals surface area (Å²) in [5.74, 6) is 0.0748. The van der Waals surface area contributed by atoms with Crippen LogP contribution in [0.5, 0.6) is 0 Å². The minimum Gasteiger partial charge on any atom is -0.348 e. The van der Waals surface area contributed by atoms with Crippen molar-refractivity contribution in [1.82, 2.24) is 4.98 Å². The number of nitrogens with zero attached hydrogens (tertiary/aromatic N) is 2. The number of anilines is 2. The van der Waals surface area contributed by atoms with Gasteiger partial charge in [0.05, 0.1) is 10.2 Å². The molecular weight excluding hydrogens is 370 g/mol. The molecule has 1 fully saturated rings. The van der Waals surface area contributed by atoms with Crippen LogP contribution in [0.4, 0.5) is 10.8 Å². The highest BCUT2D eigenvalue weighted by Gasteiger charge is 2.26. The lowest BCUT2D eigenvalue weighted by Gasteiger charge is -2.31. The molecule has 0 aliphatic carbocycles. The van der Waals surface area contributed by atoms with E-state index in [0.717, 1.165) is 42.3 Å². The monoisotopic (exact) mass is 393 g/mol. The molecule has 1 aliphatic rings. The van der Waals surface area contributed by atoms with E-state index < -0.39 is 0 Å². The zero-order chi connectivity index (χ0) is 19.7. The van der Waals surface area contributed by atoms with Gasteiger partial charge in [-0.1, -0.05) is 17.4 Å². The number of fused-ring (bicyclic) bond motifs is 1. The number of rotatable bonds is 4. The number of benzene rings is 2. The first kappa shape index (κ1) is 18.6. The molecular formula is C22H23N3O2S. The molecule has 5 nitrogen and oxygen atoms in total. The Hall–Kier alpha value is -2.73. The predicted molar refractivity (Wildman–Crippen MR) is 114 cm³/mol. The quantitative estimate of drug-likeness (QED) is 0.655. The fraction of sp³-hybridized carbons (Fsp3) is 0.318. The maximum atomic E-state index is 12.6. The molecule has 0 spiro atoms. The smallest absolute Gasteiger partial charge is 0.227 e. The molecule has 1 aliphatic heterocycles. The number of carbonyl (C=O) groups excluding carboxylic acids is 2. The van der Waals surface area contributed by atoms with Gasteiger partial charge >= 0.3 is 0 Å². The fourth-order valence-electron chi connectivity index (χ4n) is 3.52. The zero-order valence-corrected chi connectivity index (χ0v) is 16.9. The van der Waals surface area contributed by atoms with Gasteiger partial charge in [-0.3, -0.25) is 9.59 Å². The van der Waals surface area contributed by atoms with Gasteiger partial charge < -0.3 is 10.2 Å². The second-order valence-electron chi connectivity index (χ2n) is 7.35. The molecule has 144 valence electrons. The molecule has 0 bridgehead atoms. The number of aromatic nitrogens is 1. The van der Waals surface area contributed by atoms with Crippen molar-refractivity contribution >= 4 is 44.1 Å². The van der Waals surface area contributed by atoms with Crippen LogP contribution in [0.2, 0.25) is 0 Å². The van der Waals surface area contributed by atoms with Crippen LogP contribution >= 0.6 is 11.3 Å². The molecule has 3 aromatic rings. The molecule has 1 saturated heterocycles. The third-order valence-electron chi connectivity index (χ3n) is 5.23. The van der Waals surface area contributed by atoms with E-state index in [1.807, 2.05) is 0 Å². The van der Waals surface area contributed by atoms with E-state index >= 15 is 0 Å². The van der Waals surface area contributed by atoms with Crippen molar-refractivity contribution in [1.29, 1.82) is 0 Å². The Labute approximate surface area is 168 Å². The molecule has 28 heavy (non-hydrogen) atoms. The second-order valence-corrected chi connectivity index (χ2v) is 8.36. The second kappa shape index (κ2) is 7.72. The predicted octanol–water partition coefficient (Wildman–Crippen LogP) is 4.66. The molecule has 1 N–H and O–H groups in total. The Balaban J connectivity index is 1.36. The van der Waals surface area contributed by atoms with Crippen molar-refractivity contribution in [2.45, 2.75) is 26.7 Å². The lowest BCUT2D eigenvalue weighted by molar-refractivity contribution is -0.120. The van der Waals surface area contributed by atoms with Gasteiger partial charge in [0, 0.05) is 30.3 Å². The SMILES string of the molecule is CC(=O)c1ccc(NC(=O)C2CCN(c3nc4ccc(C)cc4s3)CC2)cc1. The molecule has 0 atom stereocenters. The average molecular weight is 394 g/mol. The van der Waals surface area contributed by atoms with Crippen molar-refractivity contribution in [3.05, 3.63) is 53.6 Å². The number of piperidine rings is 1. The Kier molecular flexibility index (Phi) is 5.13. The van der Waals surface area contributed by atoms with E-state index in [9.17, 15) is 9.59 Å². The number of nitrogens with one attached hydrogen (secondary N) is 1. The first-order chi connectivity index (χ1) is 13.5. The molecule has 2 aromatic carbocycles. The van der Waals surface area contributed by atoms with E-state index in [1.165, 1.54) is 17.2 Å². The summed E-state index contributed by atoms with van der Waals surface area (Å²) in [5, 5.41) is 4.02. The highest BCUT2D eigenvalue weighted by molar-refractivity contribution is 7.22. The van der Waals surface area contributed by atoms with E-state index in [-0.39, 0.29) is 17.6 Å². The third kappa shape index (κ3) is 3.92. The number of hydrogen-bond acceptors (Lipinski definition) is 5. The molecule has 2 heterocycles. The van der Waals surface area contributed by atoms with E-state index in [2.05, 4.69) is 35.3 Å². The highest BCUT2D eigenvalue weighted by atomic mass is 32.1. The summed E-state index contributed by atoms with van der Waals surface area (Å²) in [6, 6.07) is 13.4. The van der Waals surface area contributed by atoms with Crippen LogP contribution in [0.3, 0.4) is 0 Å². The first-order valence-electron chi connectivity index (χ1n) is 9.53. The Morgan fingerprint density at radius 3 is 2.50 bits per heavy atom. The van der Waals surface area contributed by atoms with Crippen molar-refractivity contribution < 1.29 is 9.59 Å². The number of carbonyl (C=O) groups is 2. The van der Waals surface area contributed by atoms with Crippen LogP contribution < -0.4 is 10.2 Å².